The molecular formula is C19H23N5O7. The van der Waals surface area contributed by atoms with E-state index >= 15 is 0 Å². The summed E-state index contributed by atoms with van der Waals surface area (Å²) in [4.78, 5) is 12.7. The number of aromatic nitrogens is 4. The lowest BCUT2D eigenvalue weighted by Gasteiger charge is -2.41. The number of hydrogen-bond acceptors (Lipinski definition) is 11. The van der Waals surface area contributed by atoms with Crippen molar-refractivity contribution in [3.8, 4) is 23.0 Å². The summed E-state index contributed by atoms with van der Waals surface area (Å²) in [5.74, 6) is 1.29. The number of nitrogens with one attached hydrogen (secondary N) is 1. The maximum absolute atomic E-state index is 10.4. The van der Waals surface area contributed by atoms with Crippen molar-refractivity contribution in [3.63, 3.8) is 0 Å². The largest absolute Gasteiger partial charge is 0.508 e. The van der Waals surface area contributed by atoms with Gasteiger partial charge in [-0.05, 0) is 17.7 Å². The Morgan fingerprint density at radius 3 is 2.65 bits per heavy atom. The number of ether oxygens (including phenoxy) is 2. The maximum Gasteiger partial charge on any atom is 0.167 e. The van der Waals surface area contributed by atoms with Crippen LogP contribution in [0.2, 0.25) is 0 Å². The third-order valence-corrected chi connectivity index (χ3v) is 5.15. The average Bonchev–Trinajstić information content (AvgIpc) is 3.26. The number of anilines is 1. The number of aromatic hydroxyl groups is 1. The zero-order valence-electron chi connectivity index (χ0n) is 16.5. The standard InChI is InChI=1S/C19H23N5O7/c1-30-11-3-9(2-10(26)4-11)5-20-17-13-18(22-7-21-13)24(8-23-17)19-16(29)15(28)14(27)12(6-25)31-19/h2-4,7-8,12,14-16,19-20,25-29H,5-6H2,1H3/t12-,14-,15+,16-,19?/m1/s1. The fourth-order valence-electron chi connectivity index (χ4n) is 3.53. The van der Waals surface area contributed by atoms with E-state index in [-0.39, 0.29) is 5.75 Å². The van der Waals surface area contributed by atoms with Crippen LogP contribution in [0.3, 0.4) is 0 Å². The first-order valence-electron chi connectivity index (χ1n) is 9.51. The molecule has 4 rings (SSSR count). The van der Waals surface area contributed by atoms with Crippen molar-refractivity contribution in [1.29, 1.82) is 0 Å². The third kappa shape index (κ3) is 3.98. The topological polar surface area (TPSA) is 175 Å². The second-order valence-electron chi connectivity index (χ2n) is 7.16. The molecule has 0 bridgehead atoms. The normalized spacial score (nSPS) is 26.2. The summed E-state index contributed by atoms with van der Waals surface area (Å²) < 4.78 is 12.1. The first-order chi connectivity index (χ1) is 14.9. The Bertz CT molecular complexity index is 1010. The van der Waals surface area contributed by atoms with Crippen LogP contribution in [-0.2, 0) is 11.3 Å². The number of nitrogens with zero attached hydrogens (tertiary/aromatic N) is 4. The first kappa shape index (κ1) is 21.2. The van der Waals surface area contributed by atoms with E-state index in [1.54, 1.807) is 12.1 Å². The third-order valence-electron chi connectivity index (χ3n) is 5.15. The Balaban J connectivity index is 1.60. The molecule has 0 aliphatic carbocycles. The molecule has 1 saturated heterocycles. The molecule has 0 radical (unpaired) electrons. The number of phenolic OH excluding ortho intramolecular Hbond substituents is 1. The fourth-order valence-corrected chi connectivity index (χ4v) is 3.53. The highest BCUT2D eigenvalue weighted by molar-refractivity contribution is 5.67. The summed E-state index contributed by atoms with van der Waals surface area (Å²) >= 11 is 0. The van der Waals surface area contributed by atoms with Gasteiger partial charge >= 0.3 is 0 Å². The molecule has 5 atom stereocenters. The van der Waals surface area contributed by atoms with E-state index in [1.807, 2.05) is 0 Å². The highest BCUT2D eigenvalue weighted by Gasteiger charge is 2.45. The van der Waals surface area contributed by atoms with Crippen LogP contribution < -0.4 is 10.1 Å². The van der Waals surface area contributed by atoms with Crippen LogP contribution in [-0.4, -0.2) is 83.2 Å². The van der Waals surface area contributed by atoms with Crippen LogP contribution in [0.25, 0.3) is 11.5 Å². The molecule has 3 heterocycles. The lowest BCUT2D eigenvalue weighted by Crippen LogP contribution is -2.56. The molecule has 1 aromatic carbocycles. The number of aliphatic hydroxyl groups is 4. The van der Waals surface area contributed by atoms with Crippen molar-refractivity contribution in [2.24, 2.45) is 0 Å². The molecule has 3 aliphatic heterocycles. The van der Waals surface area contributed by atoms with Crippen molar-refractivity contribution in [2.45, 2.75) is 37.2 Å². The number of aliphatic hydroxyl groups excluding tert-OH is 4. The predicted octanol–water partition coefficient (Wildman–Crippen LogP) is -0.923. The van der Waals surface area contributed by atoms with Gasteiger partial charge in [0.15, 0.2) is 23.6 Å². The van der Waals surface area contributed by atoms with Crippen molar-refractivity contribution in [2.75, 3.05) is 19.0 Å². The molecule has 1 fully saturated rings. The number of fused-ring (bicyclic) bond motifs is 1. The van der Waals surface area contributed by atoms with Crippen molar-refractivity contribution < 1.29 is 35.0 Å². The number of phenols is 1. The van der Waals surface area contributed by atoms with E-state index < -0.39 is 37.3 Å². The lowest BCUT2D eigenvalue weighted by atomic mass is 9.98. The minimum Gasteiger partial charge on any atom is -0.508 e. The lowest BCUT2D eigenvalue weighted by molar-refractivity contribution is -0.251. The van der Waals surface area contributed by atoms with E-state index in [0.29, 0.717) is 29.6 Å². The smallest absolute Gasteiger partial charge is 0.167 e. The number of benzene rings is 1. The van der Waals surface area contributed by atoms with Gasteiger partial charge in [-0.2, -0.15) is 0 Å². The molecule has 166 valence electrons. The Labute approximate surface area is 176 Å². The summed E-state index contributed by atoms with van der Waals surface area (Å²) in [6, 6.07) is 4.84. The number of imidazole rings is 1. The molecule has 3 aliphatic rings. The molecule has 12 heteroatoms. The minimum absolute atomic E-state index is 0.0656. The van der Waals surface area contributed by atoms with Gasteiger partial charge in [-0.3, -0.25) is 4.57 Å². The van der Waals surface area contributed by atoms with Crippen LogP contribution in [0, 0.1) is 0 Å². The molecule has 0 saturated carbocycles. The Morgan fingerprint density at radius 2 is 1.90 bits per heavy atom. The summed E-state index contributed by atoms with van der Waals surface area (Å²) in [6.07, 6.45) is -4.02. The van der Waals surface area contributed by atoms with Gasteiger partial charge in [0.25, 0.3) is 0 Å². The summed E-state index contributed by atoms with van der Waals surface area (Å²) in [5.41, 5.74) is 1.13. The van der Waals surface area contributed by atoms with Crippen molar-refractivity contribution >= 4 is 5.82 Å². The van der Waals surface area contributed by atoms with Gasteiger partial charge in [-0.25, -0.2) is 15.0 Å². The molecule has 1 unspecified atom stereocenters. The molecule has 31 heavy (non-hydrogen) atoms. The molecule has 0 spiro atoms. The van der Waals surface area contributed by atoms with Crippen LogP contribution in [0.4, 0.5) is 5.82 Å². The van der Waals surface area contributed by atoms with Gasteiger partial charge in [-0.15, -0.1) is 0 Å². The summed E-state index contributed by atoms with van der Waals surface area (Å²) in [7, 11) is 1.51. The monoisotopic (exact) mass is 433 g/mol. The predicted molar refractivity (Wildman–Crippen MR) is 105 cm³/mol. The zero-order chi connectivity index (χ0) is 22.1. The Kier molecular flexibility index (Phi) is 5.89. The van der Waals surface area contributed by atoms with Crippen molar-refractivity contribution in [1.82, 2.24) is 19.5 Å². The Hall–Kier alpha value is -3.03. The van der Waals surface area contributed by atoms with Gasteiger partial charge < -0.3 is 40.3 Å². The first-order valence-corrected chi connectivity index (χ1v) is 9.51. The highest BCUT2D eigenvalue weighted by Crippen LogP contribution is 2.33. The molecular weight excluding hydrogens is 410 g/mol. The van der Waals surface area contributed by atoms with Crippen LogP contribution in [0.5, 0.6) is 11.5 Å². The number of rotatable bonds is 6. The van der Waals surface area contributed by atoms with E-state index in [4.69, 9.17) is 9.47 Å². The second kappa shape index (κ2) is 8.61. The van der Waals surface area contributed by atoms with Gasteiger partial charge in [0.2, 0.25) is 0 Å². The Morgan fingerprint density at radius 1 is 1.10 bits per heavy atom. The van der Waals surface area contributed by atoms with E-state index in [9.17, 15) is 25.5 Å². The minimum atomic E-state index is -1.53. The van der Waals surface area contributed by atoms with Crippen LogP contribution >= 0.6 is 0 Å². The van der Waals surface area contributed by atoms with Gasteiger partial charge in [0.1, 0.15) is 48.6 Å². The fraction of sp³-hybridized carbons (Fsp3) is 0.421. The zero-order valence-corrected chi connectivity index (χ0v) is 16.5. The number of hydrogen-bond donors (Lipinski definition) is 6. The summed E-state index contributed by atoms with van der Waals surface area (Å²) in [6.45, 7) is -0.234. The average molecular weight is 433 g/mol. The van der Waals surface area contributed by atoms with Crippen LogP contribution in [0.1, 0.15) is 11.8 Å². The molecule has 1 aromatic rings. The van der Waals surface area contributed by atoms with Gasteiger partial charge in [-0.1, -0.05) is 0 Å². The molecule has 0 aromatic heterocycles. The van der Waals surface area contributed by atoms with Gasteiger partial charge in [0.05, 0.1) is 13.7 Å². The quantitative estimate of drug-likeness (QED) is 0.283. The van der Waals surface area contributed by atoms with Crippen molar-refractivity contribution in [3.05, 3.63) is 36.4 Å². The molecule has 12 nitrogen and oxygen atoms in total. The highest BCUT2D eigenvalue weighted by atomic mass is 16.6. The van der Waals surface area contributed by atoms with E-state index in [2.05, 4.69) is 20.3 Å². The van der Waals surface area contributed by atoms with Gasteiger partial charge in [0, 0.05) is 12.6 Å². The summed E-state index contributed by atoms with van der Waals surface area (Å²) in [5, 5.41) is 52.8. The van der Waals surface area contributed by atoms with Crippen LogP contribution in [0.15, 0.2) is 30.9 Å². The second-order valence-corrected chi connectivity index (χ2v) is 7.16. The molecule has 0 amide bonds. The SMILES string of the molecule is COc1cc(O)cc(CNc2ncn(C3O[C@H](CO)[C@@H](O)[C@H](O)[C@H]3O)c3ncnc2-3)c1. The van der Waals surface area contributed by atoms with E-state index in [1.165, 1.54) is 30.4 Å². The molecule has 6 N–H and O–H groups in total. The maximum atomic E-state index is 10.4. The van der Waals surface area contributed by atoms with E-state index in [0.717, 1.165) is 5.56 Å². The number of methoxy groups -OCH3 is 1.